The molecule has 2 nitrogen and oxygen atoms in total. The Balaban J connectivity index is 1.32. The van der Waals surface area contributed by atoms with Gasteiger partial charge in [-0.3, -0.25) is 0 Å². The molecule has 0 saturated carbocycles. The minimum Gasteiger partial charge on any atom is -0.309 e. The van der Waals surface area contributed by atoms with E-state index < -0.39 is 0 Å². The van der Waals surface area contributed by atoms with Gasteiger partial charge in [-0.25, -0.2) is 0 Å². The van der Waals surface area contributed by atoms with Crippen molar-refractivity contribution in [2.24, 2.45) is 0 Å². The lowest BCUT2D eigenvalue weighted by molar-refractivity contribution is 0.812. The van der Waals surface area contributed by atoms with Crippen molar-refractivity contribution in [1.29, 1.82) is 0 Å². The van der Waals surface area contributed by atoms with Gasteiger partial charge in [-0.15, -0.1) is 0 Å². The zero-order valence-electron chi connectivity index (χ0n) is 43.5. The number of aromatic nitrogens is 2. The quantitative estimate of drug-likeness (QED) is 0.121. The molecule has 348 valence electrons. The molecular formula is C66H68B2N2. The SMILES string of the molecule is CC(C)c1cc(C(C)C)c(B2c3ccc(-n4c5ccccc5c5ccccc54)cc3B(c3c(C(C)C)cc(C(C)C)cc3C(C)C)c3cc(-n4c5ccccc5c5ccccc54)ccc32)c(C(C)C)c1. The molecule has 0 fully saturated rings. The van der Waals surface area contributed by atoms with Crippen LogP contribution < -0.4 is 32.8 Å². The molecule has 0 atom stereocenters. The van der Waals surface area contributed by atoms with Crippen molar-refractivity contribution in [3.8, 4) is 11.4 Å². The van der Waals surface area contributed by atoms with Crippen molar-refractivity contribution in [3.63, 3.8) is 0 Å². The van der Waals surface area contributed by atoms with Crippen LogP contribution >= 0.6 is 0 Å². The third-order valence-corrected chi connectivity index (χ3v) is 16.0. The Kier molecular flexibility index (Phi) is 11.6. The molecule has 70 heavy (non-hydrogen) atoms. The molecular weight excluding hydrogens is 842 g/mol. The molecule has 0 saturated heterocycles. The molecule has 0 spiro atoms. The molecule has 4 heteroatoms. The third-order valence-electron chi connectivity index (χ3n) is 16.0. The number of benzene rings is 8. The highest BCUT2D eigenvalue weighted by Crippen LogP contribution is 2.35. The van der Waals surface area contributed by atoms with Crippen LogP contribution in [0.4, 0.5) is 0 Å². The zero-order chi connectivity index (χ0) is 48.9. The zero-order valence-corrected chi connectivity index (χ0v) is 43.5. The normalized spacial score (nSPS) is 13.0. The second kappa shape index (κ2) is 17.7. The Hall–Kier alpha value is -6.51. The number of nitrogens with zero attached hydrogens (tertiary/aromatic N) is 2. The first-order valence-corrected chi connectivity index (χ1v) is 26.3. The van der Waals surface area contributed by atoms with Gasteiger partial charge in [0.25, 0.3) is 0 Å². The molecule has 0 N–H and O–H groups in total. The second-order valence-corrected chi connectivity index (χ2v) is 22.4. The minimum absolute atomic E-state index is 0.0246. The third kappa shape index (κ3) is 7.31. The summed E-state index contributed by atoms with van der Waals surface area (Å²) in [5.41, 5.74) is 24.7. The van der Waals surface area contributed by atoms with E-state index in [0.717, 1.165) is 0 Å². The van der Waals surface area contributed by atoms with E-state index in [2.05, 4.69) is 250 Å². The summed E-state index contributed by atoms with van der Waals surface area (Å²) in [7, 11) is 0. The van der Waals surface area contributed by atoms with E-state index in [1.807, 2.05) is 0 Å². The predicted octanol–water partition coefficient (Wildman–Crippen LogP) is 14.0. The van der Waals surface area contributed by atoms with Crippen molar-refractivity contribution in [2.75, 3.05) is 0 Å². The summed E-state index contributed by atoms with van der Waals surface area (Å²) in [6.07, 6.45) is 0. The summed E-state index contributed by atoms with van der Waals surface area (Å²) < 4.78 is 5.07. The molecule has 11 rings (SSSR count). The van der Waals surface area contributed by atoms with Crippen LogP contribution in [0.2, 0.25) is 0 Å². The molecule has 0 aliphatic carbocycles. The lowest BCUT2D eigenvalue weighted by Crippen LogP contribution is -2.76. The molecule has 0 unspecified atom stereocenters. The van der Waals surface area contributed by atoms with Gasteiger partial charge in [-0.05, 0) is 117 Å². The fraction of sp³-hybridized carbons (Fsp3) is 0.273. The lowest BCUT2D eigenvalue weighted by Gasteiger charge is -2.38. The summed E-state index contributed by atoms with van der Waals surface area (Å²) in [5.74, 6) is 2.17. The van der Waals surface area contributed by atoms with Crippen LogP contribution in [-0.4, -0.2) is 22.6 Å². The van der Waals surface area contributed by atoms with Crippen LogP contribution in [0.5, 0.6) is 0 Å². The second-order valence-electron chi connectivity index (χ2n) is 22.4. The molecule has 10 aromatic rings. The highest BCUT2D eigenvalue weighted by Gasteiger charge is 2.43. The molecule has 1 aliphatic rings. The maximum Gasteiger partial charge on any atom is 0.240 e. The Morgan fingerprint density at radius 2 is 0.557 bits per heavy atom. The van der Waals surface area contributed by atoms with Gasteiger partial charge >= 0.3 is 0 Å². The van der Waals surface area contributed by atoms with E-state index >= 15 is 0 Å². The summed E-state index contributed by atoms with van der Waals surface area (Å²) in [6, 6.07) is 61.4. The summed E-state index contributed by atoms with van der Waals surface area (Å²) in [4.78, 5) is 0. The minimum atomic E-state index is -0.0294. The molecule has 0 amide bonds. The molecule has 3 heterocycles. The first-order chi connectivity index (χ1) is 33.7. The fourth-order valence-corrected chi connectivity index (χ4v) is 12.5. The smallest absolute Gasteiger partial charge is 0.240 e. The van der Waals surface area contributed by atoms with Crippen molar-refractivity contribution in [3.05, 3.63) is 191 Å². The van der Waals surface area contributed by atoms with Gasteiger partial charge in [0.2, 0.25) is 13.4 Å². The van der Waals surface area contributed by atoms with Crippen LogP contribution in [0.25, 0.3) is 55.0 Å². The molecule has 8 aromatic carbocycles. The Labute approximate surface area is 417 Å². The van der Waals surface area contributed by atoms with Gasteiger partial charge in [0, 0.05) is 32.9 Å². The van der Waals surface area contributed by atoms with Crippen LogP contribution in [0.1, 0.15) is 152 Å². The number of hydrogen-bond acceptors (Lipinski definition) is 0. The van der Waals surface area contributed by atoms with Crippen molar-refractivity contribution < 1.29 is 0 Å². The topological polar surface area (TPSA) is 9.86 Å². The highest BCUT2D eigenvalue weighted by molar-refractivity contribution is 7.11. The van der Waals surface area contributed by atoms with E-state index in [4.69, 9.17) is 0 Å². The molecule has 1 aliphatic heterocycles. The standard InChI is InChI=1S/C66H68B2N2/c1-39(2)45-33-53(41(5)6)65(54(34-45)42(7)8)67-57-31-29-47(69-61-25-17-13-21-49(61)50-22-14-18-26-62(50)69)37-59(57)68(66-55(43(9)10)35-46(40(3)4)36-56(66)44(11)12)60-38-48(30-32-58(60)67)70-63-27-19-15-23-51(63)52-24-16-20-28-64(52)70/h13-44H,1-12H3. The van der Waals surface area contributed by atoms with Gasteiger partial charge in [0.15, 0.2) is 0 Å². The Morgan fingerprint density at radius 1 is 0.286 bits per heavy atom. The lowest BCUT2D eigenvalue weighted by atomic mass is 9.20. The predicted molar refractivity (Wildman–Crippen MR) is 308 cm³/mol. The van der Waals surface area contributed by atoms with Crippen molar-refractivity contribution in [1.82, 2.24) is 9.13 Å². The molecule has 0 bridgehead atoms. The van der Waals surface area contributed by atoms with Crippen LogP contribution in [-0.2, 0) is 0 Å². The number of para-hydroxylation sites is 4. The summed E-state index contributed by atoms with van der Waals surface area (Å²) in [5, 5.41) is 5.14. The van der Waals surface area contributed by atoms with Gasteiger partial charge in [0.05, 0.1) is 22.1 Å². The van der Waals surface area contributed by atoms with Crippen LogP contribution in [0, 0.1) is 0 Å². The molecule has 2 aromatic heterocycles. The van der Waals surface area contributed by atoms with E-state index in [9.17, 15) is 0 Å². The first-order valence-electron chi connectivity index (χ1n) is 26.3. The average Bonchev–Trinajstić information content (AvgIpc) is 3.87. The van der Waals surface area contributed by atoms with Gasteiger partial charge in [-0.2, -0.15) is 0 Å². The van der Waals surface area contributed by atoms with Gasteiger partial charge < -0.3 is 9.13 Å². The summed E-state index contributed by atoms with van der Waals surface area (Å²) >= 11 is 0. The van der Waals surface area contributed by atoms with Crippen LogP contribution in [0.15, 0.2) is 158 Å². The molecule has 0 radical (unpaired) electrons. The van der Waals surface area contributed by atoms with Crippen molar-refractivity contribution in [2.45, 2.75) is 119 Å². The fourth-order valence-electron chi connectivity index (χ4n) is 12.5. The maximum absolute atomic E-state index is 2.62. The van der Waals surface area contributed by atoms with E-state index in [0.29, 0.717) is 35.5 Å². The maximum atomic E-state index is 2.62. The number of fused-ring (bicyclic) bond motifs is 8. The largest absolute Gasteiger partial charge is 0.309 e. The van der Waals surface area contributed by atoms with Crippen LogP contribution in [0.3, 0.4) is 0 Å². The Bertz CT molecular complexity index is 3320. The van der Waals surface area contributed by atoms with E-state index in [1.54, 1.807) is 0 Å². The van der Waals surface area contributed by atoms with Gasteiger partial charge in [0.1, 0.15) is 0 Å². The van der Waals surface area contributed by atoms with E-state index in [-0.39, 0.29) is 13.4 Å². The number of hydrogen-bond donors (Lipinski definition) is 0. The number of rotatable bonds is 10. The average molecular weight is 911 g/mol. The summed E-state index contributed by atoms with van der Waals surface area (Å²) in [6.45, 7) is 28.8. The van der Waals surface area contributed by atoms with Crippen molar-refractivity contribution >= 4 is 89.8 Å². The monoisotopic (exact) mass is 911 g/mol. The Morgan fingerprint density at radius 3 is 0.829 bits per heavy atom. The first kappa shape index (κ1) is 45.9. The van der Waals surface area contributed by atoms with Gasteiger partial charge in [-0.1, -0.05) is 225 Å². The van der Waals surface area contributed by atoms with E-state index in [1.165, 1.54) is 121 Å². The highest BCUT2D eigenvalue weighted by atomic mass is 15.0.